The van der Waals surface area contributed by atoms with Crippen molar-refractivity contribution in [1.29, 1.82) is 0 Å². The van der Waals surface area contributed by atoms with Crippen LogP contribution >= 0.6 is 27.5 Å². The van der Waals surface area contributed by atoms with E-state index in [2.05, 4.69) is 35.1 Å². The van der Waals surface area contributed by atoms with Crippen molar-refractivity contribution in [2.75, 3.05) is 6.54 Å². The van der Waals surface area contributed by atoms with Crippen molar-refractivity contribution < 1.29 is 0 Å². The third-order valence-electron chi connectivity index (χ3n) is 2.64. The largest absolute Gasteiger partial charge is 0.329 e. The molecule has 0 fully saturated rings. The summed E-state index contributed by atoms with van der Waals surface area (Å²) in [4.78, 5) is 0. The average Bonchev–Trinajstić information content (AvgIpc) is 2.24. The normalized spacial score (nSPS) is 13.1. The molecule has 0 amide bonds. The number of hydrogen-bond acceptors (Lipinski definition) is 2. The lowest BCUT2D eigenvalue weighted by molar-refractivity contribution is 0.405. The third kappa shape index (κ3) is 3.74. The van der Waals surface area contributed by atoms with Crippen molar-refractivity contribution in [2.24, 2.45) is 11.7 Å². The van der Waals surface area contributed by atoms with E-state index < -0.39 is 0 Å². The van der Waals surface area contributed by atoms with Gasteiger partial charge in [-0.25, -0.2) is 0 Å². The van der Waals surface area contributed by atoms with Crippen molar-refractivity contribution in [3.63, 3.8) is 0 Å². The topological polar surface area (TPSA) is 38.0 Å². The maximum Gasteiger partial charge on any atom is 0.0592 e. The van der Waals surface area contributed by atoms with Crippen LogP contribution in [0.4, 0.5) is 0 Å². The maximum atomic E-state index is 6.18. The molecule has 90 valence electrons. The summed E-state index contributed by atoms with van der Waals surface area (Å²) in [5.41, 5.74) is 6.79. The van der Waals surface area contributed by atoms with Gasteiger partial charge in [0.25, 0.3) is 0 Å². The lowest BCUT2D eigenvalue weighted by atomic mass is 10.0. The first-order valence-corrected chi connectivity index (χ1v) is 6.59. The van der Waals surface area contributed by atoms with E-state index in [1.807, 2.05) is 18.2 Å². The Morgan fingerprint density at radius 3 is 2.69 bits per heavy atom. The molecule has 0 bridgehead atoms. The molecule has 0 aliphatic rings. The summed E-state index contributed by atoms with van der Waals surface area (Å²) in [6.45, 7) is 5.71. The smallest absolute Gasteiger partial charge is 0.0592 e. The fourth-order valence-corrected chi connectivity index (χ4v) is 2.12. The van der Waals surface area contributed by atoms with Crippen LogP contribution in [-0.2, 0) is 6.54 Å². The predicted molar refractivity (Wildman–Crippen MR) is 73.7 cm³/mol. The van der Waals surface area contributed by atoms with Gasteiger partial charge in [-0.1, -0.05) is 37.6 Å². The molecule has 1 atom stereocenters. The summed E-state index contributed by atoms with van der Waals surface area (Å²) >= 11 is 9.60. The van der Waals surface area contributed by atoms with E-state index >= 15 is 0 Å². The van der Waals surface area contributed by atoms with Crippen LogP contribution < -0.4 is 11.1 Å². The molecule has 0 aliphatic carbocycles. The fraction of sp³-hybridized carbons (Fsp3) is 0.500. The minimum absolute atomic E-state index is 0.329. The molecule has 0 spiro atoms. The van der Waals surface area contributed by atoms with Crippen LogP contribution in [0.25, 0.3) is 0 Å². The van der Waals surface area contributed by atoms with Gasteiger partial charge in [-0.2, -0.15) is 0 Å². The zero-order valence-corrected chi connectivity index (χ0v) is 12.0. The van der Waals surface area contributed by atoms with Gasteiger partial charge in [0.05, 0.1) is 5.02 Å². The third-order valence-corrected chi connectivity index (χ3v) is 3.98. The molecule has 0 saturated heterocycles. The van der Waals surface area contributed by atoms with Gasteiger partial charge < -0.3 is 11.1 Å². The van der Waals surface area contributed by atoms with Crippen LogP contribution in [0.2, 0.25) is 5.02 Å². The molecule has 0 heterocycles. The first kappa shape index (κ1) is 14.0. The van der Waals surface area contributed by atoms with Gasteiger partial charge in [0.15, 0.2) is 0 Å². The van der Waals surface area contributed by atoms with Gasteiger partial charge in [0.2, 0.25) is 0 Å². The van der Waals surface area contributed by atoms with Crippen molar-refractivity contribution >= 4 is 27.5 Å². The van der Waals surface area contributed by atoms with Crippen LogP contribution in [-0.4, -0.2) is 12.6 Å². The number of hydrogen-bond donors (Lipinski definition) is 2. The molecule has 1 aromatic carbocycles. The Balaban J connectivity index is 2.64. The summed E-state index contributed by atoms with van der Waals surface area (Å²) in [6.07, 6.45) is 0. The van der Waals surface area contributed by atoms with Gasteiger partial charge in [-0.3, -0.25) is 0 Å². The molecule has 2 nitrogen and oxygen atoms in total. The molecule has 3 N–H and O–H groups in total. The lowest BCUT2D eigenvalue weighted by Crippen LogP contribution is -2.39. The predicted octanol–water partition coefficient (Wildman–Crippen LogP) is 3.18. The monoisotopic (exact) mass is 304 g/mol. The first-order chi connectivity index (χ1) is 7.56. The minimum atomic E-state index is 0.329. The number of nitrogens with one attached hydrogen (secondary N) is 1. The second-order valence-corrected chi connectivity index (χ2v) is 5.41. The highest BCUT2D eigenvalue weighted by molar-refractivity contribution is 9.10. The van der Waals surface area contributed by atoms with Crippen LogP contribution in [0.5, 0.6) is 0 Å². The number of halogens is 2. The second-order valence-electron chi connectivity index (χ2n) is 4.18. The van der Waals surface area contributed by atoms with Crippen LogP contribution in [0.1, 0.15) is 19.4 Å². The molecular weight excluding hydrogens is 288 g/mol. The Bertz CT molecular complexity index is 342. The Hall–Kier alpha value is -0.0900. The zero-order chi connectivity index (χ0) is 12.1. The summed E-state index contributed by atoms with van der Waals surface area (Å²) in [5, 5.41) is 4.20. The van der Waals surface area contributed by atoms with E-state index in [1.165, 1.54) is 0 Å². The van der Waals surface area contributed by atoms with E-state index in [-0.39, 0.29) is 0 Å². The van der Waals surface area contributed by atoms with Crippen LogP contribution in [0, 0.1) is 5.92 Å². The summed E-state index contributed by atoms with van der Waals surface area (Å²) in [7, 11) is 0. The molecular formula is C12H18BrClN2. The second kappa shape index (κ2) is 6.60. The van der Waals surface area contributed by atoms with Crippen molar-refractivity contribution in [3.05, 3.63) is 33.3 Å². The standard InChI is InChI=1S/C12H18BrClN2/c1-8(2)11(6-15)16-7-9-4-3-5-10(13)12(9)14/h3-5,8,11,16H,6-7,15H2,1-2H3. The van der Waals surface area contributed by atoms with Crippen LogP contribution in [0.15, 0.2) is 22.7 Å². The van der Waals surface area contributed by atoms with Gasteiger partial charge in [0, 0.05) is 23.6 Å². The van der Waals surface area contributed by atoms with Gasteiger partial charge in [-0.05, 0) is 33.5 Å². The molecule has 16 heavy (non-hydrogen) atoms. The number of benzene rings is 1. The quantitative estimate of drug-likeness (QED) is 0.877. The summed E-state index contributed by atoms with van der Waals surface area (Å²) in [6, 6.07) is 6.28. The Morgan fingerprint density at radius 2 is 2.12 bits per heavy atom. The number of nitrogens with two attached hydrogens (primary N) is 1. The summed E-state index contributed by atoms with van der Waals surface area (Å²) in [5.74, 6) is 0.524. The lowest BCUT2D eigenvalue weighted by Gasteiger charge is -2.21. The van der Waals surface area contributed by atoms with E-state index in [0.717, 1.165) is 21.6 Å². The maximum absolute atomic E-state index is 6.18. The Labute approximate surface area is 111 Å². The summed E-state index contributed by atoms with van der Waals surface area (Å²) < 4.78 is 0.933. The Kier molecular flexibility index (Phi) is 5.76. The highest BCUT2D eigenvalue weighted by Crippen LogP contribution is 2.25. The highest BCUT2D eigenvalue weighted by Gasteiger charge is 2.11. The Morgan fingerprint density at radius 1 is 1.44 bits per heavy atom. The van der Waals surface area contributed by atoms with Crippen molar-refractivity contribution in [1.82, 2.24) is 5.32 Å². The molecule has 0 aliphatic heterocycles. The van der Waals surface area contributed by atoms with Gasteiger partial charge in [-0.15, -0.1) is 0 Å². The van der Waals surface area contributed by atoms with E-state index in [9.17, 15) is 0 Å². The fourth-order valence-electron chi connectivity index (χ4n) is 1.52. The average molecular weight is 306 g/mol. The molecule has 1 rings (SSSR count). The molecule has 0 aromatic heterocycles. The van der Waals surface area contributed by atoms with E-state index in [4.69, 9.17) is 17.3 Å². The van der Waals surface area contributed by atoms with Gasteiger partial charge >= 0.3 is 0 Å². The van der Waals surface area contributed by atoms with Crippen molar-refractivity contribution in [3.8, 4) is 0 Å². The minimum Gasteiger partial charge on any atom is -0.329 e. The number of rotatable bonds is 5. The first-order valence-electron chi connectivity index (χ1n) is 5.42. The van der Waals surface area contributed by atoms with Crippen molar-refractivity contribution in [2.45, 2.75) is 26.4 Å². The molecule has 1 aromatic rings. The van der Waals surface area contributed by atoms with Crippen LogP contribution in [0.3, 0.4) is 0 Å². The van der Waals surface area contributed by atoms with E-state index in [0.29, 0.717) is 18.5 Å². The van der Waals surface area contributed by atoms with Gasteiger partial charge in [0.1, 0.15) is 0 Å². The SMILES string of the molecule is CC(C)C(CN)NCc1cccc(Br)c1Cl. The highest BCUT2D eigenvalue weighted by atomic mass is 79.9. The zero-order valence-electron chi connectivity index (χ0n) is 9.63. The molecule has 0 radical (unpaired) electrons. The molecule has 0 saturated carbocycles. The van der Waals surface area contributed by atoms with E-state index in [1.54, 1.807) is 0 Å². The molecule has 4 heteroatoms. The molecule has 1 unspecified atom stereocenters.